The lowest BCUT2D eigenvalue weighted by molar-refractivity contribution is -0.0222. The number of fused-ring (bicyclic) bond motifs is 1. The number of sulfonamides is 1. The molecule has 4 heterocycles. The topological polar surface area (TPSA) is 141 Å². The third-order valence-electron chi connectivity index (χ3n) is 8.71. The number of nitrogens with zero attached hydrogens (tertiary/aromatic N) is 5. The van der Waals surface area contributed by atoms with Crippen LogP contribution in [0.5, 0.6) is 0 Å². The second kappa shape index (κ2) is 11.1. The number of carbonyl (C=O) groups is 1. The average molecular weight is 616 g/mol. The number of piperidine rings is 2. The number of rotatable bonds is 8. The van der Waals surface area contributed by atoms with Crippen molar-refractivity contribution in [3.63, 3.8) is 0 Å². The molecule has 3 aliphatic rings. The van der Waals surface area contributed by atoms with Crippen molar-refractivity contribution in [1.82, 2.24) is 15.0 Å². The normalized spacial score (nSPS) is 19.4. The fraction of sp³-hybridized carbons (Fsp3) is 0.517. The standard InChI is InChI=1S/C29H35F2N7O4S/c1-19-17-23(35-27(33-19)38-13-8-29(30,31)9-14-38)34-26(40)24-22(37-11-6-28(4-5-28)7-12-37)18-21(36-43(41,42)16-15-39)20-3-2-10-32-25(20)24/h2-3,10,17-18,36,39H,4-9,11-16H2,1H3,(H,33,34,35,40). The molecule has 1 aromatic carbocycles. The fourth-order valence-corrected chi connectivity index (χ4v) is 6.84. The second-order valence-corrected chi connectivity index (χ2v) is 13.7. The minimum Gasteiger partial charge on any atom is -0.395 e. The van der Waals surface area contributed by atoms with Gasteiger partial charge in [0.2, 0.25) is 16.0 Å². The zero-order chi connectivity index (χ0) is 30.4. The molecule has 1 saturated carbocycles. The number of nitrogens with one attached hydrogen (secondary N) is 2. The number of halogens is 2. The van der Waals surface area contributed by atoms with Crippen LogP contribution < -0.4 is 19.8 Å². The van der Waals surface area contributed by atoms with Crippen molar-refractivity contribution in [1.29, 1.82) is 0 Å². The molecule has 0 radical (unpaired) electrons. The zero-order valence-corrected chi connectivity index (χ0v) is 24.8. The van der Waals surface area contributed by atoms with Gasteiger partial charge in [-0.15, -0.1) is 0 Å². The molecule has 0 atom stereocenters. The van der Waals surface area contributed by atoms with Crippen molar-refractivity contribution in [2.45, 2.75) is 51.4 Å². The highest BCUT2D eigenvalue weighted by atomic mass is 32.2. The van der Waals surface area contributed by atoms with Gasteiger partial charge in [-0.2, -0.15) is 4.98 Å². The molecule has 2 saturated heterocycles. The summed E-state index contributed by atoms with van der Waals surface area (Å²) in [5.41, 5.74) is 2.35. The van der Waals surface area contributed by atoms with Crippen LogP contribution in [0, 0.1) is 12.3 Å². The van der Waals surface area contributed by atoms with Gasteiger partial charge in [-0.05, 0) is 56.2 Å². The number of aryl methyl sites for hydroxylation is 1. The van der Waals surface area contributed by atoms with E-state index in [1.165, 1.54) is 12.8 Å². The molecule has 14 heteroatoms. The van der Waals surface area contributed by atoms with Crippen LogP contribution in [0.3, 0.4) is 0 Å². The van der Waals surface area contributed by atoms with Gasteiger partial charge in [-0.25, -0.2) is 22.2 Å². The maximum atomic E-state index is 14.1. The Morgan fingerprint density at radius 1 is 1.02 bits per heavy atom. The quantitative estimate of drug-likeness (QED) is 0.344. The van der Waals surface area contributed by atoms with Crippen LogP contribution in [0.15, 0.2) is 30.5 Å². The van der Waals surface area contributed by atoms with Gasteiger partial charge in [0.1, 0.15) is 5.82 Å². The molecule has 3 fully saturated rings. The Labute approximate surface area is 248 Å². The van der Waals surface area contributed by atoms with Crippen LogP contribution >= 0.6 is 0 Å². The maximum absolute atomic E-state index is 14.1. The van der Waals surface area contributed by atoms with Crippen molar-refractivity contribution < 1.29 is 27.1 Å². The van der Waals surface area contributed by atoms with Crippen LogP contribution in [0.1, 0.15) is 54.6 Å². The van der Waals surface area contributed by atoms with Crippen molar-refractivity contribution in [3.05, 3.63) is 41.7 Å². The predicted octanol–water partition coefficient (Wildman–Crippen LogP) is 3.94. The highest BCUT2D eigenvalue weighted by Gasteiger charge is 2.45. The summed E-state index contributed by atoms with van der Waals surface area (Å²) in [6.45, 7) is 2.83. The van der Waals surface area contributed by atoms with Crippen LogP contribution in [0.4, 0.5) is 31.9 Å². The lowest BCUT2D eigenvalue weighted by Gasteiger charge is -2.35. The van der Waals surface area contributed by atoms with Crippen LogP contribution in [-0.4, -0.2) is 78.8 Å². The SMILES string of the molecule is Cc1cc(NC(=O)c2c(N3CCC4(CC3)CC4)cc(NS(=O)(=O)CCO)c3cccnc23)nc(N2CCC(F)(F)CC2)n1. The molecule has 0 unspecified atom stereocenters. The van der Waals surface area contributed by atoms with Crippen LogP contribution in [0.2, 0.25) is 0 Å². The molecule has 11 nitrogen and oxygen atoms in total. The molecule has 1 amide bonds. The summed E-state index contributed by atoms with van der Waals surface area (Å²) >= 11 is 0. The number of alkyl halides is 2. The van der Waals surface area contributed by atoms with Gasteiger partial charge in [0.05, 0.1) is 34.8 Å². The number of aliphatic hydroxyl groups is 1. The summed E-state index contributed by atoms with van der Waals surface area (Å²) in [6, 6.07) is 6.63. The first-order chi connectivity index (χ1) is 20.5. The van der Waals surface area contributed by atoms with E-state index in [0.717, 1.165) is 12.8 Å². The van der Waals surface area contributed by atoms with E-state index < -0.39 is 34.2 Å². The van der Waals surface area contributed by atoms with E-state index >= 15 is 0 Å². The number of benzene rings is 1. The molecule has 2 aromatic heterocycles. The predicted molar refractivity (Wildman–Crippen MR) is 160 cm³/mol. The average Bonchev–Trinajstić information content (AvgIpc) is 3.71. The van der Waals surface area contributed by atoms with Crippen molar-refractivity contribution >= 4 is 50.0 Å². The molecule has 6 rings (SSSR count). The van der Waals surface area contributed by atoms with Gasteiger partial charge in [0.25, 0.3) is 11.8 Å². The van der Waals surface area contributed by atoms with E-state index in [4.69, 9.17) is 0 Å². The molecule has 1 spiro atoms. The fourth-order valence-electron chi connectivity index (χ4n) is 6.00. The number of aliphatic hydroxyl groups excluding tert-OH is 1. The molecule has 3 aromatic rings. The Bertz CT molecular complexity index is 1650. The van der Waals surface area contributed by atoms with E-state index in [9.17, 15) is 27.1 Å². The zero-order valence-electron chi connectivity index (χ0n) is 23.9. The molecule has 43 heavy (non-hydrogen) atoms. The number of pyridine rings is 1. The minimum absolute atomic E-state index is 0.104. The van der Waals surface area contributed by atoms with Gasteiger partial charge in [-0.1, -0.05) is 0 Å². The third kappa shape index (κ3) is 6.35. The number of carbonyl (C=O) groups excluding carboxylic acids is 1. The summed E-state index contributed by atoms with van der Waals surface area (Å²) < 4.78 is 55.4. The molecule has 2 aliphatic heterocycles. The van der Waals surface area contributed by atoms with Crippen molar-refractivity contribution in [2.75, 3.05) is 58.4 Å². The summed E-state index contributed by atoms with van der Waals surface area (Å²) in [7, 11) is -3.86. The Balaban J connectivity index is 1.38. The number of hydrogen-bond donors (Lipinski definition) is 3. The van der Waals surface area contributed by atoms with Gasteiger partial charge < -0.3 is 20.2 Å². The van der Waals surface area contributed by atoms with Crippen LogP contribution in [-0.2, 0) is 10.0 Å². The van der Waals surface area contributed by atoms with Gasteiger partial charge in [0.15, 0.2) is 0 Å². The summed E-state index contributed by atoms with van der Waals surface area (Å²) in [5, 5.41) is 12.6. The molecule has 0 bridgehead atoms. The molecular formula is C29H35F2N7O4S. The minimum atomic E-state index is -3.86. The number of amides is 1. The Morgan fingerprint density at radius 2 is 1.72 bits per heavy atom. The van der Waals surface area contributed by atoms with Gasteiger partial charge in [-0.3, -0.25) is 14.5 Å². The lowest BCUT2D eigenvalue weighted by Crippen LogP contribution is -2.40. The second-order valence-electron chi connectivity index (χ2n) is 11.8. The molecule has 230 valence electrons. The summed E-state index contributed by atoms with van der Waals surface area (Å²) in [4.78, 5) is 31.3. The van der Waals surface area contributed by atoms with E-state index in [0.29, 0.717) is 40.8 Å². The lowest BCUT2D eigenvalue weighted by atomic mass is 9.92. The maximum Gasteiger partial charge on any atom is 0.261 e. The largest absolute Gasteiger partial charge is 0.395 e. The van der Waals surface area contributed by atoms with E-state index in [-0.39, 0.29) is 48.9 Å². The van der Waals surface area contributed by atoms with E-state index in [1.54, 1.807) is 42.3 Å². The van der Waals surface area contributed by atoms with Gasteiger partial charge >= 0.3 is 0 Å². The van der Waals surface area contributed by atoms with Gasteiger partial charge in [0, 0.05) is 62.4 Å². The monoisotopic (exact) mass is 615 g/mol. The summed E-state index contributed by atoms with van der Waals surface area (Å²) in [6.07, 6.45) is 5.31. The number of anilines is 4. The summed E-state index contributed by atoms with van der Waals surface area (Å²) in [5.74, 6) is -3.17. The first kappa shape index (κ1) is 29.4. The Morgan fingerprint density at radius 3 is 2.40 bits per heavy atom. The first-order valence-electron chi connectivity index (χ1n) is 14.5. The highest BCUT2D eigenvalue weighted by molar-refractivity contribution is 7.92. The van der Waals surface area contributed by atoms with E-state index in [1.807, 2.05) is 0 Å². The van der Waals surface area contributed by atoms with E-state index in [2.05, 4.69) is 29.9 Å². The number of aromatic nitrogens is 3. The van der Waals surface area contributed by atoms with Crippen molar-refractivity contribution in [3.8, 4) is 0 Å². The van der Waals surface area contributed by atoms with Crippen molar-refractivity contribution in [2.24, 2.45) is 5.41 Å². The van der Waals surface area contributed by atoms with Crippen LogP contribution in [0.25, 0.3) is 10.9 Å². The number of hydrogen-bond acceptors (Lipinski definition) is 9. The molecule has 1 aliphatic carbocycles. The first-order valence-corrected chi connectivity index (χ1v) is 16.2. The molecular weight excluding hydrogens is 580 g/mol. The third-order valence-corrected chi connectivity index (χ3v) is 9.96. The molecule has 3 N–H and O–H groups in total. The Kier molecular flexibility index (Phi) is 7.61. The highest BCUT2D eigenvalue weighted by Crippen LogP contribution is 2.54. The Hall–Kier alpha value is -3.65. The smallest absolute Gasteiger partial charge is 0.261 e.